The lowest BCUT2D eigenvalue weighted by atomic mass is 9.94. The van der Waals surface area contributed by atoms with Crippen molar-refractivity contribution in [2.75, 3.05) is 26.2 Å². The van der Waals surface area contributed by atoms with Crippen LogP contribution >= 0.6 is 0 Å². The van der Waals surface area contributed by atoms with Gasteiger partial charge in [-0.3, -0.25) is 14.4 Å². The molecule has 1 atom stereocenters. The van der Waals surface area contributed by atoms with E-state index in [1.807, 2.05) is 6.92 Å². The van der Waals surface area contributed by atoms with Crippen LogP contribution in [0.4, 0.5) is 0 Å². The predicted octanol–water partition coefficient (Wildman–Crippen LogP) is -0.0181. The van der Waals surface area contributed by atoms with Gasteiger partial charge in [0.1, 0.15) is 6.04 Å². The highest BCUT2D eigenvalue weighted by atomic mass is 16.2. The van der Waals surface area contributed by atoms with Crippen LogP contribution in [0.1, 0.15) is 33.1 Å². The van der Waals surface area contributed by atoms with Gasteiger partial charge in [0.25, 0.3) is 0 Å². The number of hydrogen-bond donors (Lipinski definition) is 1. The molecule has 2 aliphatic rings. The van der Waals surface area contributed by atoms with Gasteiger partial charge in [-0.25, -0.2) is 0 Å². The van der Waals surface area contributed by atoms with Crippen LogP contribution in [0, 0.1) is 5.92 Å². The predicted molar refractivity (Wildman–Crippen MR) is 73.8 cm³/mol. The number of nitrogens with one attached hydrogen (secondary N) is 1. The third-order valence-electron chi connectivity index (χ3n) is 4.29. The summed E-state index contributed by atoms with van der Waals surface area (Å²) in [6.07, 6.45) is 2.05. The summed E-state index contributed by atoms with van der Waals surface area (Å²) >= 11 is 0. The Kier molecular flexibility index (Phi) is 4.62. The SMILES string of the molecule is CCC1C(=O)NCCN1C(=O)C1CCN(C(C)=O)CC1. The van der Waals surface area contributed by atoms with Crippen molar-refractivity contribution in [3.63, 3.8) is 0 Å². The van der Waals surface area contributed by atoms with Crippen molar-refractivity contribution in [1.29, 1.82) is 0 Å². The summed E-state index contributed by atoms with van der Waals surface area (Å²) in [4.78, 5) is 39.2. The van der Waals surface area contributed by atoms with E-state index >= 15 is 0 Å². The van der Waals surface area contributed by atoms with Crippen LogP contribution in [0.25, 0.3) is 0 Å². The zero-order valence-electron chi connectivity index (χ0n) is 12.2. The smallest absolute Gasteiger partial charge is 0.242 e. The highest BCUT2D eigenvalue weighted by Crippen LogP contribution is 2.22. The number of piperazine rings is 1. The number of amides is 3. The highest BCUT2D eigenvalue weighted by Gasteiger charge is 2.36. The average molecular weight is 281 g/mol. The Labute approximate surface area is 119 Å². The fourth-order valence-corrected chi connectivity index (χ4v) is 3.06. The molecule has 6 nitrogen and oxygen atoms in total. The van der Waals surface area contributed by atoms with Crippen LogP contribution in [-0.2, 0) is 14.4 Å². The van der Waals surface area contributed by atoms with Crippen molar-refractivity contribution in [2.24, 2.45) is 5.92 Å². The molecule has 1 unspecified atom stereocenters. The van der Waals surface area contributed by atoms with Crippen LogP contribution in [0.2, 0.25) is 0 Å². The van der Waals surface area contributed by atoms with Crippen molar-refractivity contribution >= 4 is 17.7 Å². The van der Waals surface area contributed by atoms with Gasteiger partial charge in [-0.15, -0.1) is 0 Å². The Hall–Kier alpha value is -1.59. The van der Waals surface area contributed by atoms with Crippen LogP contribution in [0.3, 0.4) is 0 Å². The van der Waals surface area contributed by atoms with E-state index in [-0.39, 0.29) is 29.7 Å². The maximum atomic E-state index is 12.6. The summed E-state index contributed by atoms with van der Waals surface area (Å²) < 4.78 is 0. The zero-order valence-corrected chi connectivity index (χ0v) is 12.2. The molecule has 112 valence electrons. The summed E-state index contributed by atoms with van der Waals surface area (Å²) in [5.74, 6) is 0.0495. The van der Waals surface area contributed by atoms with Gasteiger partial charge in [0.05, 0.1) is 0 Å². The van der Waals surface area contributed by atoms with Gasteiger partial charge in [-0.2, -0.15) is 0 Å². The van der Waals surface area contributed by atoms with Crippen molar-refractivity contribution in [3.8, 4) is 0 Å². The Morgan fingerprint density at radius 1 is 1.25 bits per heavy atom. The molecule has 0 aromatic carbocycles. The van der Waals surface area contributed by atoms with E-state index in [9.17, 15) is 14.4 Å². The van der Waals surface area contributed by atoms with Crippen molar-refractivity contribution < 1.29 is 14.4 Å². The monoisotopic (exact) mass is 281 g/mol. The molecule has 2 saturated heterocycles. The maximum absolute atomic E-state index is 12.6. The number of carbonyl (C=O) groups is 3. The molecular formula is C14H23N3O3. The number of rotatable bonds is 2. The molecule has 3 amide bonds. The summed E-state index contributed by atoms with van der Waals surface area (Å²) in [6, 6.07) is -0.331. The fraction of sp³-hybridized carbons (Fsp3) is 0.786. The number of carbonyl (C=O) groups excluding carboxylic acids is 3. The first-order valence-corrected chi connectivity index (χ1v) is 7.38. The lowest BCUT2D eigenvalue weighted by Crippen LogP contribution is -2.58. The van der Waals surface area contributed by atoms with Crippen LogP contribution in [0.5, 0.6) is 0 Å². The number of nitrogens with zero attached hydrogens (tertiary/aromatic N) is 2. The van der Waals surface area contributed by atoms with Gasteiger partial charge in [0.15, 0.2) is 0 Å². The van der Waals surface area contributed by atoms with Gasteiger partial charge >= 0.3 is 0 Å². The summed E-state index contributed by atoms with van der Waals surface area (Å²) in [7, 11) is 0. The molecule has 2 fully saturated rings. The van der Waals surface area contributed by atoms with E-state index < -0.39 is 0 Å². The van der Waals surface area contributed by atoms with E-state index in [1.165, 1.54) is 0 Å². The van der Waals surface area contributed by atoms with Gasteiger partial charge in [-0.05, 0) is 19.3 Å². The second-order valence-electron chi connectivity index (χ2n) is 5.53. The zero-order chi connectivity index (χ0) is 14.7. The molecule has 2 aliphatic heterocycles. The first-order chi connectivity index (χ1) is 9.54. The summed E-state index contributed by atoms with van der Waals surface area (Å²) in [5.41, 5.74) is 0. The second-order valence-corrected chi connectivity index (χ2v) is 5.53. The molecule has 6 heteroatoms. The molecule has 0 aliphatic carbocycles. The fourth-order valence-electron chi connectivity index (χ4n) is 3.06. The summed E-state index contributed by atoms with van der Waals surface area (Å²) in [5, 5.41) is 2.81. The third-order valence-corrected chi connectivity index (χ3v) is 4.29. The normalized spacial score (nSPS) is 24.5. The number of piperidine rings is 1. The van der Waals surface area contributed by atoms with Crippen molar-refractivity contribution in [2.45, 2.75) is 39.2 Å². The van der Waals surface area contributed by atoms with Gasteiger partial charge in [0, 0.05) is 39.0 Å². The van der Waals surface area contributed by atoms with E-state index in [0.717, 1.165) is 0 Å². The molecule has 0 radical (unpaired) electrons. The van der Waals surface area contributed by atoms with Crippen LogP contribution in [0.15, 0.2) is 0 Å². The minimum absolute atomic E-state index is 0.0479. The largest absolute Gasteiger partial charge is 0.353 e. The Bertz CT molecular complexity index is 402. The Morgan fingerprint density at radius 2 is 1.90 bits per heavy atom. The highest BCUT2D eigenvalue weighted by molar-refractivity contribution is 5.89. The maximum Gasteiger partial charge on any atom is 0.242 e. The topological polar surface area (TPSA) is 69.7 Å². The van der Waals surface area contributed by atoms with E-state index in [1.54, 1.807) is 16.7 Å². The lowest BCUT2D eigenvalue weighted by molar-refractivity contribution is -0.148. The lowest BCUT2D eigenvalue weighted by Gasteiger charge is -2.39. The van der Waals surface area contributed by atoms with E-state index in [0.29, 0.717) is 45.4 Å². The molecule has 0 bridgehead atoms. The molecule has 2 heterocycles. The molecule has 0 spiro atoms. The minimum Gasteiger partial charge on any atom is -0.353 e. The molecule has 2 rings (SSSR count). The van der Waals surface area contributed by atoms with E-state index in [4.69, 9.17) is 0 Å². The standard InChI is InChI=1S/C14H23N3O3/c1-3-12-13(19)15-6-9-17(12)14(20)11-4-7-16(8-5-11)10(2)18/h11-12H,3-9H2,1-2H3,(H,15,19). The van der Waals surface area contributed by atoms with Crippen molar-refractivity contribution in [1.82, 2.24) is 15.1 Å². The Balaban J connectivity index is 1.97. The molecule has 20 heavy (non-hydrogen) atoms. The minimum atomic E-state index is -0.331. The molecule has 0 aromatic rings. The molecule has 0 saturated carbocycles. The third kappa shape index (κ3) is 2.94. The number of likely N-dealkylation sites (tertiary alicyclic amines) is 1. The Morgan fingerprint density at radius 3 is 2.45 bits per heavy atom. The van der Waals surface area contributed by atoms with Crippen molar-refractivity contribution in [3.05, 3.63) is 0 Å². The first kappa shape index (κ1) is 14.8. The second kappa shape index (κ2) is 6.24. The molecule has 0 aromatic heterocycles. The average Bonchev–Trinajstić information content (AvgIpc) is 2.46. The van der Waals surface area contributed by atoms with Gasteiger partial charge < -0.3 is 15.1 Å². The first-order valence-electron chi connectivity index (χ1n) is 7.38. The summed E-state index contributed by atoms with van der Waals surface area (Å²) in [6.45, 7) is 5.90. The molecular weight excluding hydrogens is 258 g/mol. The van der Waals surface area contributed by atoms with Crippen LogP contribution in [-0.4, -0.2) is 59.7 Å². The van der Waals surface area contributed by atoms with E-state index in [2.05, 4.69) is 5.32 Å². The van der Waals surface area contributed by atoms with Crippen LogP contribution < -0.4 is 5.32 Å². The van der Waals surface area contributed by atoms with Gasteiger partial charge in [0.2, 0.25) is 17.7 Å². The quantitative estimate of drug-likeness (QED) is 0.773. The van der Waals surface area contributed by atoms with Gasteiger partial charge in [-0.1, -0.05) is 6.92 Å². The molecule has 1 N–H and O–H groups in total. The number of hydrogen-bond acceptors (Lipinski definition) is 3.